The summed E-state index contributed by atoms with van der Waals surface area (Å²) < 4.78 is 2.12. The van der Waals surface area contributed by atoms with Crippen LogP contribution in [0.1, 0.15) is 50.9 Å². The van der Waals surface area contributed by atoms with E-state index in [1.807, 2.05) is 0 Å². The van der Waals surface area contributed by atoms with Crippen LogP contribution in [0.3, 0.4) is 0 Å². The third-order valence-electron chi connectivity index (χ3n) is 4.05. The maximum absolute atomic E-state index is 4.49. The Balaban J connectivity index is 1.66. The first-order valence-electron chi connectivity index (χ1n) is 7.21. The van der Waals surface area contributed by atoms with E-state index in [0.717, 1.165) is 24.8 Å². The Morgan fingerprint density at radius 3 is 2.78 bits per heavy atom. The molecule has 0 saturated heterocycles. The standard InChI is InChI=1S/C15H27N3/c1-12-10-13(2)18(17-12)9-5-8-16-14-6-7-15(3,4)11-14/h10,14,16H,5-9,11H2,1-4H3. The Bertz CT molecular complexity index is 392. The Hall–Kier alpha value is -0.830. The summed E-state index contributed by atoms with van der Waals surface area (Å²) in [5.74, 6) is 0. The number of nitrogens with one attached hydrogen (secondary N) is 1. The van der Waals surface area contributed by atoms with Crippen molar-refractivity contribution in [3.05, 3.63) is 17.5 Å². The molecule has 1 aromatic heterocycles. The highest BCUT2D eigenvalue weighted by atomic mass is 15.3. The largest absolute Gasteiger partial charge is 0.314 e. The monoisotopic (exact) mass is 249 g/mol. The van der Waals surface area contributed by atoms with E-state index < -0.39 is 0 Å². The molecule has 102 valence electrons. The van der Waals surface area contributed by atoms with E-state index >= 15 is 0 Å². The lowest BCUT2D eigenvalue weighted by Gasteiger charge is -2.17. The maximum atomic E-state index is 4.49. The van der Waals surface area contributed by atoms with Crippen molar-refractivity contribution in [2.45, 2.75) is 66.0 Å². The first kappa shape index (κ1) is 13.6. The molecule has 3 heteroatoms. The predicted molar refractivity (Wildman–Crippen MR) is 75.7 cm³/mol. The number of rotatable bonds is 5. The number of aromatic nitrogens is 2. The molecule has 0 spiro atoms. The summed E-state index contributed by atoms with van der Waals surface area (Å²) in [6, 6.07) is 2.88. The highest BCUT2D eigenvalue weighted by molar-refractivity contribution is 5.06. The molecule has 1 N–H and O–H groups in total. The van der Waals surface area contributed by atoms with Crippen LogP contribution in [-0.4, -0.2) is 22.4 Å². The van der Waals surface area contributed by atoms with Gasteiger partial charge in [-0.2, -0.15) is 5.10 Å². The van der Waals surface area contributed by atoms with Crippen molar-refractivity contribution in [2.24, 2.45) is 5.41 Å². The van der Waals surface area contributed by atoms with Crippen molar-refractivity contribution in [2.75, 3.05) is 6.54 Å². The highest BCUT2D eigenvalue weighted by Gasteiger charge is 2.30. The number of aryl methyl sites for hydroxylation is 3. The molecule has 1 saturated carbocycles. The lowest BCUT2D eigenvalue weighted by Crippen LogP contribution is -2.29. The molecular formula is C15H27N3. The van der Waals surface area contributed by atoms with Gasteiger partial charge in [-0.15, -0.1) is 0 Å². The zero-order valence-electron chi connectivity index (χ0n) is 12.3. The van der Waals surface area contributed by atoms with Crippen LogP contribution in [0.2, 0.25) is 0 Å². The third kappa shape index (κ3) is 3.58. The summed E-state index contributed by atoms with van der Waals surface area (Å²) in [6.07, 6.45) is 5.20. The molecule has 1 aliphatic rings. The van der Waals surface area contributed by atoms with Crippen molar-refractivity contribution in [1.82, 2.24) is 15.1 Å². The van der Waals surface area contributed by atoms with E-state index in [0.29, 0.717) is 5.41 Å². The van der Waals surface area contributed by atoms with Gasteiger partial charge in [-0.1, -0.05) is 13.8 Å². The topological polar surface area (TPSA) is 29.9 Å². The molecule has 0 aromatic carbocycles. The Kier molecular flexibility index (Phi) is 4.10. The maximum Gasteiger partial charge on any atom is 0.0596 e. The first-order valence-corrected chi connectivity index (χ1v) is 7.21. The molecule has 1 unspecified atom stereocenters. The van der Waals surface area contributed by atoms with Crippen molar-refractivity contribution in [3.63, 3.8) is 0 Å². The minimum Gasteiger partial charge on any atom is -0.314 e. The second-order valence-corrected chi connectivity index (χ2v) is 6.56. The highest BCUT2D eigenvalue weighted by Crippen LogP contribution is 2.36. The fourth-order valence-electron chi connectivity index (χ4n) is 3.05. The SMILES string of the molecule is Cc1cc(C)n(CCCNC2CCC(C)(C)C2)n1. The molecule has 0 radical (unpaired) electrons. The van der Waals surface area contributed by atoms with Crippen LogP contribution >= 0.6 is 0 Å². The zero-order valence-corrected chi connectivity index (χ0v) is 12.3. The molecule has 1 aromatic rings. The van der Waals surface area contributed by atoms with Crippen LogP contribution in [0, 0.1) is 19.3 Å². The Labute approximate surface area is 111 Å². The van der Waals surface area contributed by atoms with Crippen molar-refractivity contribution >= 4 is 0 Å². The molecule has 0 aliphatic heterocycles. The van der Waals surface area contributed by atoms with Gasteiger partial charge in [0.1, 0.15) is 0 Å². The molecule has 3 nitrogen and oxygen atoms in total. The molecule has 1 heterocycles. The normalized spacial score (nSPS) is 22.6. The van der Waals surface area contributed by atoms with Gasteiger partial charge in [-0.05, 0) is 57.6 Å². The van der Waals surface area contributed by atoms with Crippen molar-refractivity contribution < 1.29 is 0 Å². The molecule has 18 heavy (non-hydrogen) atoms. The number of hydrogen-bond acceptors (Lipinski definition) is 2. The summed E-state index contributed by atoms with van der Waals surface area (Å²) in [7, 11) is 0. The van der Waals surface area contributed by atoms with E-state index in [2.05, 4.69) is 48.9 Å². The van der Waals surface area contributed by atoms with Gasteiger partial charge < -0.3 is 5.32 Å². The molecular weight excluding hydrogens is 222 g/mol. The van der Waals surface area contributed by atoms with Gasteiger partial charge in [0.25, 0.3) is 0 Å². The summed E-state index contributed by atoms with van der Waals surface area (Å²) in [6.45, 7) is 11.1. The van der Waals surface area contributed by atoms with E-state index in [1.54, 1.807) is 0 Å². The van der Waals surface area contributed by atoms with Gasteiger partial charge in [0.2, 0.25) is 0 Å². The van der Waals surface area contributed by atoms with Crippen LogP contribution in [0.25, 0.3) is 0 Å². The second kappa shape index (κ2) is 5.43. The summed E-state index contributed by atoms with van der Waals surface area (Å²) in [5.41, 5.74) is 2.94. The third-order valence-corrected chi connectivity index (χ3v) is 4.05. The van der Waals surface area contributed by atoms with E-state index in [9.17, 15) is 0 Å². The average molecular weight is 249 g/mol. The second-order valence-electron chi connectivity index (χ2n) is 6.56. The zero-order chi connectivity index (χ0) is 13.2. The van der Waals surface area contributed by atoms with E-state index in [4.69, 9.17) is 0 Å². The molecule has 2 rings (SSSR count). The van der Waals surface area contributed by atoms with Crippen molar-refractivity contribution in [1.29, 1.82) is 0 Å². The minimum atomic E-state index is 0.549. The lowest BCUT2D eigenvalue weighted by atomic mass is 9.92. The van der Waals surface area contributed by atoms with Crippen molar-refractivity contribution in [3.8, 4) is 0 Å². The molecule has 1 atom stereocenters. The smallest absolute Gasteiger partial charge is 0.0596 e. The van der Waals surface area contributed by atoms with E-state index in [1.165, 1.54) is 31.4 Å². The predicted octanol–water partition coefficient (Wildman–Crippen LogP) is 3.06. The average Bonchev–Trinajstić information content (AvgIpc) is 2.77. The fraction of sp³-hybridized carbons (Fsp3) is 0.800. The van der Waals surface area contributed by atoms with Crippen LogP contribution in [0.15, 0.2) is 6.07 Å². The van der Waals surface area contributed by atoms with Gasteiger partial charge in [0.05, 0.1) is 5.69 Å². The Morgan fingerprint density at radius 2 is 2.22 bits per heavy atom. The molecule has 1 fully saturated rings. The van der Waals surface area contributed by atoms with Crippen LogP contribution in [0.5, 0.6) is 0 Å². The minimum absolute atomic E-state index is 0.549. The molecule has 0 bridgehead atoms. The fourth-order valence-corrected chi connectivity index (χ4v) is 3.05. The number of hydrogen-bond donors (Lipinski definition) is 1. The molecule has 1 aliphatic carbocycles. The van der Waals surface area contributed by atoms with E-state index in [-0.39, 0.29) is 0 Å². The lowest BCUT2D eigenvalue weighted by molar-refractivity contribution is 0.363. The number of nitrogens with zero attached hydrogens (tertiary/aromatic N) is 2. The Morgan fingerprint density at radius 1 is 1.44 bits per heavy atom. The summed E-state index contributed by atoms with van der Waals surface area (Å²) in [4.78, 5) is 0. The van der Waals surface area contributed by atoms with Gasteiger partial charge in [-0.25, -0.2) is 0 Å². The summed E-state index contributed by atoms with van der Waals surface area (Å²) in [5, 5.41) is 8.18. The quantitative estimate of drug-likeness (QED) is 0.813. The van der Waals surface area contributed by atoms with Crippen LogP contribution < -0.4 is 5.32 Å². The van der Waals surface area contributed by atoms with Gasteiger partial charge in [0, 0.05) is 18.3 Å². The molecule has 0 amide bonds. The van der Waals surface area contributed by atoms with Gasteiger partial charge >= 0.3 is 0 Å². The van der Waals surface area contributed by atoms with Gasteiger partial charge in [0.15, 0.2) is 0 Å². The summed E-state index contributed by atoms with van der Waals surface area (Å²) >= 11 is 0. The van der Waals surface area contributed by atoms with Gasteiger partial charge in [-0.3, -0.25) is 4.68 Å². The van der Waals surface area contributed by atoms with Crippen LogP contribution in [0.4, 0.5) is 0 Å². The van der Waals surface area contributed by atoms with Crippen LogP contribution in [-0.2, 0) is 6.54 Å². The first-order chi connectivity index (χ1) is 8.46.